The second kappa shape index (κ2) is 1720. The van der Waals surface area contributed by atoms with E-state index in [2.05, 4.69) is 6.92 Å². The van der Waals surface area contributed by atoms with Crippen molar-refractivity contribution < 1.29 is 21.1 Å². The molecule has 76 valence electrons. The van der Waals surface area contributed by atoms with E-state index in [-0.39, 0.29) is 71.8 Å². The van der Waals surface area contributed by atoms with Crippen LogP contribution in [-0.4, -0.2) is 0 Å². The van der Waals surface area contributed by atoms with Gasteiger partial charge in [-0.05, 0) is 0 Å². The van der Waals surface area contributed by atoms with Crippen LogP contribution >= 0.6 is 0 Å². The summed E-state index contributed by atoms with van der Waals surface area (Å²) in [6, 6.07) is 0. The zero-order chi connectivity index (χ0) is 2.00. The molecule has 0 amide bonds. The van der Waals surface area contributed by atoms with Crippen LogP contribution in [0, 0.1) is 51.5 Å². The van der Waals surface area contributed by atoms with Gasteiger partial charge in [0.25, 0.3) is 0 Å². The van der Waals surface area contributed by atoms with Gasteiger partial charge in [0.05, 0.1) is 0 Å². The molecule has 10 heavy (non-hydrogen) atoms. The van der Waals surface area contributed by atoms with Crippen molar-refractivity contribution in [3.8, 4) is 0 Å². The Bertz CT molecular complexity index is 9.22. The standard InChI is InChI=1S/C2H5.6CH3.H2N.W/c1-2;;;;;;;;/h1H2,2H3;6*1H3;1H2;/q8*-1;. The second-order valence-electron chi connectivity index (χ2n) is 0. The molecule has 0 radical (unpaired) electrons. The fraction of sp³-hybridized carbons (Fsp3) is 0.125. The Labute approximate surface area is 85.9 Å². The monoisotopic (exact) mass is 319 g/mol. The maximum absolute atomic E-state index is 3.25. The molecule has 2 heteroatoms. The van der Waals surface area contributed by atoms with E-state index in [1.54, 1.807) is 6.92 Å². The zero-order valence-electron chi connectivity index (χ0n) is 8.69. The predicted octanol–water partition coefficient (Wildman–Crippen LogP) is 4.26. The molecule has 0 saturated carbocycles. The summed E-state index contributed by atoms with van der Waals surface area (Å²) in [7, 11) is 0. The molecule has 0 aromatic carbocycles. The molecule has 0 bridgehead atoms. The van der Waals surface area contributed by atoms with Crippen molar-refractivity contribution in [2.45, 2.75) is 6.92 Å². The van der Waals surface area contributed by atoms with E-state index in [9.17, 15) is 0 Å². The first-order chi connectivity index (χ1) is 1.00. The van der Waals surface area contributed by atoms with Crippen LogP contribution in [-0.2, 0) is 21.1 Å². The molecule has 0 aromatic rings. The van der Waals surface area contributed by atoms with Gasteiger partial charge in [-0.15, -0.1) is 0 Å². The van der Waals surface area contributed by atoms with Crippen molar-refractivity contribution in [1.82, 2.24) is 0 Å². The smallest absolute Gasteiger partial charge is 0 e. The minimum absolute atomic E-state index is 0. The summed E-state index contributed by atoms with van der Waals surface area (Å²) >= 11 is 0. The summed E-state index contributed by atoms with van der Waals surface area (Å²) in [6.07, 6.45) is 0. The van der Waals surface area contributed by atoms with Gasteiger partial charge in [-0.3, -0.25) is 0 Å². The number of nitrogens with two attached hydrogens (primary N) is 1. The number of rotatable bonds is 0. The molecular weight excluding hydrogens is 294 g/mol. The Morgan fingerprint density at radius 2 is 0.600 bits per heavy atom. The molecule has 0 aliphatic heterocycles. The van der Waals surface area contributed by atoms with Crippen molar-refractivity contribution >= 4 is 0 Å². The van der Waals surface area contributed by atoms with Crippen molar-refractivity contribution in [3.05, 3.63) is 57.6 Å². The van der Waals surface area contributed by atoms with E-state index in [1.165, 1.54) is 0 Å². The molecule has 0 atom stereocenters. The van der Waals surface area contributed by atoms with Gasteiger partial charge < -0.3 is 57.6 Å². The van der Waals surface area contributed by atoms with Crippen LogP contribution in [0.4, 0.5) is 0 Å². The first-order valence-electron chi connectivity index (χ1n) is 0.707. The normalized spacial score (nSPS) is 0.600. The summed E-state index contributed by atoms with van der Waals surface area (Å²) in [4.78, 5) is 0. The summed E-state index contributed by atoms with van der Waals surface area (Å²) in [5.74, 6) is 0. The Balaban J connectivity index is -0.000000000179. The minimum atomic E-state index is 0. The third-order valence-electron chi connectivity index (χ3n) is 0. The van der Waals surface area contributed by atoms with E-state index in [4.69, 9.17) is 0 Å². The van der Waals surface area contributed by atoms with Crippen molar-refractivity contribution in [2.24, 2.45) is 0 Å². The van der Waals surface area contributed by atoms with E-state index in [0.29, 0.717) is 0 Å². The third-order valence-corrected chi connectivity index (χ3v) is 0. The van der Waals surface area contributed by atoms with E-state index in [0.717, 1.165) is 0 Å². The molecule has 0 spiro atoms. The zero-order valence-corrected chi connectivity index (χ0v) is 11.6. The molecular formula is C8H25NW-8. The van der Waals surface area contributed by atoms with Crippen molar-refractivity contribution in [3.63, 3.8) is 0 Å². The van der Waals surface area contributed by atoms with Crippen LogP contribution in [0.2, 0.25) is 0 Å². The van der Waals surface area contributed by atoms with Crippen LogP contribution in [0.25, 0.3) is 6.15 Å². The third kappa shape index (κ3) is 1200. The van der Waals surface area contributed by atoms with Crippen molar-refractivity contribution in [1.29, 1.82) is 0 Å². The SMILES string of the molecule is [CH2-]C.[CH3-].[CH3-].[CH3-].[CH3-].[CH3-].[CH3-].[NH2-].[W]. The Hall–Kier alpha value is 0.648. The first-order valence-corrected chi connectivity index (χ1v) is 0.707. The van der Waals surface area contributed by atoms with Gasteiger partial charge in [-0.1, -0.05) is 0 Å². The number of hydrogen-bond donors (Lipinski definition) is 0. The molecule has 0 rings (SSSR count). The maximum atomic E-state index is 3.25. The Morgan fingerprint density at radius 3 is 0.600 bits per heavy atom. The minimum Gasteiger partial charge on any atom is -0.693 e. The molecule has 0 aliphatic rings. The Kier molecular flexibility index (Phi) is 62600. The fourth-order valence-corrected chi connectivity index (χ4v) is 0. The quantitative estimate of drug-likeness (QED) is 0.598. The van der Waals surface area contributed by atoms with Crippen LogP contribution in [0.1, 0.15) is 6.92 Å². The molecule has 1 nitrogen and oxygen atoms in total. The average molecular weight is 319 g/mol. The van der Waals surface area contributed by atoms with Crippen LogP contribution in [0.5, 0.6) is 0 Å². The topological polar surface area (TPSA) is 33.5 Å². The average Bonchev–Trinajstić information content (AvgIpc) is 1.00. The molecule has 0 fully saturated rings. The van der Waals surface area contributed by atoms with E-state index in [1.807, 2.05) is 0 Å². The van der Waals surface area contributed by atoms with Gasteiger partial charge >= 0.3 is 0 Å². The summed E-state index contributed by atoms with van der Waals surface area (Å²) < 4.78 is 0. The molecule has 0 aliphatic carbocycles. The van der Waals surface area contributed by atoms with Gasteiger partial charge in [0, 0.05) is 21.1 Å². The fourth-order valence-electron chi connectivity index (χ4n) is 0. The van der Waals surface area contributed by atoms with Gasteiger partial charge in [0.15, 0.2) is 0 Å². The first kappa shape index (κ1) is 365. The Morgan fingerprint density at radius 1 is 0.600 bits per heavy atom. The summed E-state index contributed by atoms with van der Waals surface area (Å²) in [5, 5.41) is 0. The predicted molar refractivity (Wildman–Crippen MR) is 54.8 cm³/mol. The maximum Gasteiger partial charge on any atom is 0 e. The molecule has 2 N–H and O–H groups in total. The van der Waals surface area contributed by atoms with E-state index < -0.39 is 0 Å². The van der Waals surface area contributed by atoms with Crippen LogP contribution in [0.15, 0.2) is 0 Å². The summed E-state index contributed by atoms with van der Waals surface area (Å²) in [6.45, 7) is 5.00. The molecule has 0 saturated heterocycles. The van der Waals surface area contributed by atoms with Crippen molar-refractivity contribution in [2.75, 3.05) is 0 Å². The van der Waals surface area contributed by atoms with Gasteiger partial charge in [0.2, 0.25) is 0 Å². The largest absolute Gasteiger partial charge is 0.693 e. The van der Waals surface area contributed by atoms with E-state index >= 15 is 0 Å². The second-order valence-corrected chi connectivity index (χ2v) is 0. The number of hydrogen-bond acceptors (Lipinski definition) is 0. The van der Waals surface area contributed by atoms with Gasteiger partial charge in [-0.2, -0.15) is 6.92 Å². The summed E-state index contributed by atoms with van der Waals surface area (Å²) in [5.41, 5.74) is 0. The molecule has 0 unspecified atom stereocenters. The van der Waals surface area contributed by atoms with Crippen LogP contribution < -0.4 is 0 Å². The molecule has 0 heterocycles. The van der Waals surface area contributed by atoms with Gasteiger partial charge in [-0.25, -0.2) is 0 Å². The van der Waals surface area contributed by atoms with Gasteiger partial charge in [0.1, 0.15) is 0 Å². The van der Waals surface area contributed by atoms with Crippen LogP contribution in [0.3, 0.4) is 0 Å². The molecule has 0 aromatic heterocycles.